The van der Waals surface area contributed by atoms with Crippen molar-refractivity contribution in [3.63, 3.8) is 0 Å². The highest BCUT2D eigenvalue weighted by atomic mass is 19.3. The van der Waals surface area contributed by atoms with Gasteiger partial charge in [-0.25, -0.2) is 13.2 Å². The van der Waals surface area contributed by atoms with E-state index in [9.17, 15) is 18.0 Å². The summed E-state index contributed by atoms with van der Waals surface area (Å²) in [4.78, 5) is 12.4. The molecule has 3 aliphatic rings. The highest BCUT2D eigenvalue weighted by molar-refractivity contribution is 5.79. The van der Waals surface area contributed by atoms with Crippen LogP contribution in [0.2, 0.25) is 0 Å². The minimum Gasteiger partial charge on any atom is -0.350 e. The van der Waals surface area contributed by atoms with Crippen molar-refractivity contribution in [3.05, 3.63) is 0 Å². The second-order valence-electron chi connectivity index (χ2n) is 7.28. The van der Waals surface area contributed by atoms with Gasteiger partial charge in [0.1, 0.15) is 5.67 Å². The molecule has 21 heavy (non-hydrogen) atoms. The zero-order valence-electron chi connectivity index (χ0n) is 12.1. The standard InChI is InChI=1S/C15H23F3N2O/c16-13-5-7-14(9-13,8-6-13)20-12(21)10-1-2-11(19)15(17,18)4-3-10/h10-11H,1-9,19H2,(H,20,21). The van der Waals surface area contributed by atoms with E-state index in [2.05, 4.69) is 5.32 Å². The highest BCUT2D eigenvalue weighted by Crippen LogP contribution is 2.53. The maximum absolute atomic E-state index is 14.2. The largest absolute Gasteiger partial charge is 0.350 e. The molecule has 6 heteroatoms. The van der Waals surface area contributed by atoms with Crippen molar-refractivity contribution in [2.45, 2.75) is 81.0 Å². The molecular formula is C15H23F3N2O. The Hall–Kier alpha value is -0.780. The van der Waals surface area contributed by atoms with E-state index >= 15 is 0 Å². The molecule has 0 aromatic heterocycles. The van der Waals surface area contributed by atoms with Crippen LogP contribution >= 0.6 is 0 Å². The lowest BCUT2D eigenvalue weighted by atomic mass is 9.91. The average Bonchev–Trinajstić information content (AvgIpc) is 2.86. The summed E-state index contributed by atoms with van der Waals surface area (Å²) in [6.45, 7) is 0. The molecule has 2 bridgehead atoms. The third-order valence-corrected chi connectivity index (χ3v) is 5.71. The van der Waals surface area contributed by atoms with Crippen LogP contribution in [0, 0.1) is 5.92 Å². The Balaban J connectivity index is 1.61. The number of nitrogens with one attached hydrogen (secondary N) is 1. The number of amides is 1. The Morgan fingerprint density at radius 1 is 1.00 bits per heavy atom. The van der Waals surface area contributed by atoms with Crippen molar-refractivity contribution >= 4 is 5.91 Å². The van der Waals surface area contributed by atoms with E-state index in [1.54, 1.807) is 0 Å². The molecule has 2 unspecified atom stereocenters. The fourth-order valence-electron chi connectivity index (χ4n) is 4.22. The molecule has 0 saturated heterocycles. The number of halogens is 3. The van der Waals surface area contributed by atoms with Crippen molar-refractivity contribution in [3.8, 4) is 0 Å². The average molecular weight is 304 g/mol. The first kappa shape index (κ1) is 15.1. The van der Waals surface area contributed by atoms with Crippen molar-refractivity contribution in [2.75, 3.05) is 0 Å². The summed E-state index contributed by atoms with van der Waals surface area (Å²) in [6.07, 6.45) is 3.07. The Bertz CT molecular complexity index is 433. The molecule has 3 fully saturated rings. The smallest absolute Gasteiger partial charge is 0.262 e. The van der Waals surface area contributed by atoms with E-state index in [0.717, 1.165) is 0 Å². The molecule has 3 nitrogen and oxygen atoms in total. The van der Waals surface area contributed by atoms with Gasteiger partial charge in [-0.2, -0.15) is 0 Å². The van der Waals surface area contributed by atoms with Crippen LogP contribution in [0.25, 0.3) is 0 Å². The molecule has 120 valence electrons. The quantitative estimate of drug-likeness (QED) is 0.771. The summed E-state index contributed by atoms with van der Waals surface area (Å²) in [7, 11) is 0. The number of nitrogens with two attached hydrogens (primary N) is 1. The van der Waals surface area contributed by atoms with E-state index in [4.69, 9.17) is 5.73 Å². The van der Waals surface area contributed by atoms with Gasteiger partial charge in [0.15, 0.2) is 0 Å². The van der Waals surface area contributed by atoms with Gasteiger partial charge in [0, 0.05) is 24.3 Å². The van der Waals surface area contributed by atoms with Gasteiger partial charge in [0.05, 0.1) is 6.04 Å². The van der Waals surface area contributed by atoms with Gasteiger partial charge >= 0.3 is 0 Å². The first-order valence-electron chi connectivity index (χ1n) is 7.88. The zero-order chi connectivity index (χ0) is 15.3. The van der Waals surface area contributed by atoms with Crippen LogP contribution in [0.1, 0.15) is 57.8 Å². The summed E-state index contributed by atoms with van der Waals surface area (Å²) in [5.74, 6) is -3.50. The molecule has 3 aliphatic carbocycles. The molecule has 3 N–H and O–H groups in total. The summed E-state index contributed by atoms with van der Waals surface area (Å²) in [5, 5.41) is 2.98. The van der Waals surface area contributed by atoms with E-state index in [1.165, 1.54) is 0 Å². The zero-order valence-corrected chi connectivity index (χ0v) is 12.1. The second kappa shape index (κ2) is 4.86. The van der Waals surface area contributed by atoms with Crippen LogP contribution in [0.15, 0.2) is 0 Å². The lowest BCUT2D eigenvalue weighted by Gasteiger charge is -2.29. The maximum Gasteiger partial charge on any atom is 0.262 e. The van der Waals surface area contributed by atoms with Crippen LogP contribution in [0.5, 0.6) is 0 Å². The summed E-state index contributed by atoms with van der Waals surface area (Å²) in [6, 6.07) is -1.16. The minimum atomic E-state index is -2.89. The van der Waals surface area contributed by atoms with Gasteiger partial charge in [-0.3, -0.25) is 4.79 Å². The SMILES string of the molecule is NC1CCC(C(=O)NC23CCC(F)(CC2)C3)CCC1(F)F. The molecule has 0 aromatic carbocycles. The Labute approximate surface area is 122 Å². The Kier molecular flexibility index (Phi) is 3.50. The first-order valence-corrected chi connectivity index (χ1v) is 7.88. The number of carbonyl (C=O) groups excluding carboxylic acids is 1. The highest BCUT2D eigenvalue weighted by Gasteiger charge is 2.56. The molecule has 0 aliphatic heterocycles. The predicted octanol–water partition coefficient (Wildman–Crippen LogP) is 2.68. The molecule has 0 spiro atoms. The van der Waals surface area contributed by atoms with Crippen LogP contribution in [0.3, 0.4) is 0 Å². The van der Waals surface area contributed by atoms with Crippen molar-refractivity contribution in [2.24, 2.45) is 11.7 Å². The molecule has 3 saturated carbocycles. The van der Waals surface area contributed by atoms with E-state index in [-0.39, 0.29) is 25.2 Å². The molecular weight excluding hydrogens is 281 g/mol. The van der Waals surface area contributed by atoms with Gasteiger partial charge in [-0.1, -0.05) is 0 Å². The Morgan fingerprint density at radius 2 is 1.67 bits per heavy atom. The lowest BCUT2D eigenvalue weighted by Crippen LogP contribution is -2.47. The van der Waals surface area contributed by atoms with Gasteiger partial charge in [0.25, 0.3) is 5.92 Å². The van der Waals surface area contributed by atoms with Crippen LogP contribution in [0.4, 0.5) is 13.2 Å². The molecule has 0 heterocycles. The summed E-state index contributed by atoms with van der Waals surface area (Å²) >= 11 is 0. The second-order valence-corrected chi connectivity index (χ2v) is 7.28. The monoisotopic (exact) mass is 304 g/mol. The number of fused-ring (bicyclic) bond motifs is 2. The topological polar surface area (TPSA) is 55.1 Å². The number of hydrogen-bond acceptors (Lipinski definition) is 2. The molecule has 0 aromatic rings. The predicted molar refractivity (Wildman–Crippen MR) is 72.7 cm³/mol. The molecule has 1 amide bonds. The summed E-state index contributed by atoms with van der Waals surface area (Å²) in [5.41, 5.74) is 3.94. The van der Waals surface area contributed by atoms with Gasteiger partial charge < -0.3 is 11.1 Å². The van der Waals surface area contributed by atoms with Crippen LogP contribution in [-0.4, -0.2) is 29.1 Å². The van der Waals surface area contributed by atoms with E-state index < -0.39 is 29.1 Å². The van der Waals surface area contributed by atoms with E-state index in [0.29, 0.717) is 38.5 Å². The normalized spacial score (nSPS) is 45.3. The third kappa shape index (κ3) is 2.79. The number of rotatable bonds is 2. The number of carbonyl (C=O) groups is 1. The third-order valence-electron chi connectivity index (χ3n) is 5.71. The van der Waals surface area contributed by atoms with Crippen LogP contribution < -0.4 is 11.1 Å². The first-order chi connectivity index (χ1) is 9.74. The maximum atomic E-state index is 14.2. The van der Waals surface area contributed by atoms with Crippen molar-refractivity contribution < 1.29 is 18.0 Å². The Morgan fingerprint density at radius 3 is 2.24 bits per heavy atom. The minimum absolute atomic E-state index is 0.156. The van der Waals surface area contributed by atoms with Crippen molar-refractivity contribution in [1.29, 1.82) is 0 Å². The van der Waals surface area contributed by atoms with Crippen LogP contribution in [-0.2, 0) is 4.79 Å². The van der Waals surface area contributed by atoms with Gasteiger partial charge in [-0.05, 0) is 44.9 Å². The summed E-state index contributed by atoms with van der Waals surface area (Å²) < 4.78 is 41.4. The lowest BCUT2D eigenvalue weighted by molar-refractivity contribution is -0.127. The number of alkyl halides is 3. The fourth-order valence-corrected chi connectivity index (χ4v) is 4.22. The van der Waals surface area contributed by atoms with Gasteiger partial charge in [-0.15, -0.1) is 0 Å². The van der Waals surface area contributed by atoms with E-state index in [1.807, 2.05) is 0 Å². The molecule has 3 rings (SSSR count). The molecule has 0 radical (unpaired) electrons. The molecule has 2 atom stereocenters. The van der Waals surface area contributed by atoms with Gasteiger partial charge in [0.2, 0.25) is 5.91 Å². The van der Waals surface area contributed by atoms with Crippen molar-refractivity contribution in [1.82, 2.24) is 5.32 Å². The number of hydrogen-bond donors (Lipinski definition) is 2. The fraction of sp³-hybridized carbons (Fsp3) is 0.933.